The summed E-state index contributed by atoms with van der Waals surface area (Å²) in [4.78, 5) is 19.3. The molecule has 0 saturated carbocycles. The second kappa shape index (κ2) is 11.2. The van der Waals surface area contributed by atoms with Gasteiger partial charge in [0.15, 0.2) is 12.0 Å². The van der Waals surface area contributed by atoms with E-state index >= 15 is 0 Å². The van der Waals surface area contributed by atoms with Crippen LogP contribution in [0, 0.1) is 0 Å². The van der Waals surface area contributed by atoms with Crippen LogP contribution in [0.25, 0.3) is 0 Å². The molecular formula is C29H37N3O3. The minimum Gasteiger partial charge on any atom is -0.456 e. The molecule has 3 heterocycles. The van der Waals surface area contributed by atoms with Gasteiger partial charge in [-0.1, -0.05) is 48.6 Å². The van der Waals surface area contributed by atoms with E-state index in [1.165, 1.54) is 11.1 Å². The summed E-state index contributed by atoms with van der Waals surface area (Å²) in [6.45, 7) is 7.77. The maximum Gasteiger partial charge on any atom is 0.231 e. The van der Waals surface area contributed by atoms with Crippen LogP contribution in [-0.4, -0.2) is 65.9 Å². The molecule has 1 aliphatic carbocycles. The molecule has 0 spiro atoms. The number of rotatable bonds is 8. The second-order valence-electron chi connectivity index (χ2n) is 9.75. The van der Waals surface area contributed by atoms with Crippen molar-refractivity contribution in [3.8, 4) is 0 Å². The fourth-order valence-corrected chi connectivity index (χ4v) is 5.77. The van der Waals surface area contributed by atoms with Crippen LogP contribution in [0.15, 0.2) is 78.3 Å². The molecule has 0 N–H and O–H groups in total. The maximum absolute atomic E-state index is 12.4. The number of likely N-dealkylation sites (tertiary alicyclic amines) is 1. The normalized spacial score (nSPS) is 23.9. The average Bonchev–Trinajstić information content (AvgIpc) is 3.30. The Morgan fingerprint density at radius 3 is 2.54 bits per heavy atom. The number of carbonyl (C=O) groups excluding carboxylic acids is 1. The van der Waals surface area contributed by atoms with Crippen LogP contribution < -0.4 is 0 Å². The van der Waals surface area contributed by atoms with E-state index < -0.39 is 0 Å². The third kappa shape index (κ3) is 5.48. The molecule has 6 nitrogen and oxygen atoms in total. The molecule has 6 heteroatoms. The molecule has 1 aromatic carbocycles. The first-order valence-electron chi connectivity index (χ1n) is 13.1. The predicted octanol–water partition coefficient (Wildman–Crippen LogP) is 4.75. The summed E-state index contributed by atoms with van der Waals surface area (Å²) in [6.07, 6.45) is 14.6. The van der Waals surface area contributed by atoms with Gasteiger partial charge < -0.3 is 19.3 Å². The van der Waals surface area contributed by atoms with Gasteiger partial charge in [-0.25, -0.2) is 0 Å². The molecule has 2 saturated heterocycles. The molecular weight excluding hydrogens is 438 g/mol. The van der Waals surface area contributed by atoms with Crippen LogP contribution in [-0.2, 0) is 14.3 Å². The molecule has 2 atom stereocenters. The van der Waals surface area contributed by atoms with E-state index in [4.69, 9.17) is 9.47 Å². The number of hydrogen-bond donors (Lipinski definition) is 0. The third-order valence-corrected chi connectivity index (χ3v) is 7.75. The Kier molecular flexibility index (Phi) is 7.57. The van der Waals surface area contributed by atoms with Gasteiger partial charge in [0.1, 0.15) is 6.26 Å². The van der Waals surface area contributed by atoms with Crippen molar-refractivity contribution < 1.29 is 14.3 Å². The third-order valence-electron chi connectivity index (χ3n) is 7.75. The lowest BCUT2D eigenvalue weighted by atomic mass is 9.87. The van der Waals surface area contributed by atoms with E-state index in [0.29, 0.717) is 24.3 Å². The fraction of sp³-hybridized carbons (Fsp3) is 0.483. The first kappa shape index (κ1) is 23.7. The number of piperazine rings is 1. The monoisotopic (exact) mass is 475 g/mol. The van der Waals surface area contributed by atoms with Crippen molar-refractivity contribution in [2.24, 2.45) is 0 Å². The van der Waals surface area contributed by atoms with Crippen LogP contribution in [0.3, 0.4) is 0 Å². The molecule has 5 rings (SSSR count). The van der Waals surface area contributed by atoms with Crippen LogP contribution in [0.4, 0.5) is 0 Å². The first-order chi connectivity index (χ1) is 17.2. The van der Waals surface area contributed by atoms with Gasteiger partial charge in [0.2, 0.25) is 11.8 Å². The molecule has 4 aliphatic rings. The zero-order valence-corrected chi connectivity index (χ0v) is 20.8. The lowest BCUT2D eigenvalue weighted by Crippen LogP contribution is -2.47. The van der Waals surface area contributed by atoms with Crippen LogP contribution in [0.1, 0.15) is 50.5 Å². The van der Waals surface area contributed by atoms with Crippen molar-refractivity contribution >= 4 is 5.91 Å². The molecule has 1 aromatic rings. The minimum atomic E-state index is 0.309. The van der Waals surface area contributed by atoms with Gasteiger partial charge in [0, 0.05) is 51.1 Å². The van der Waals surface area contributed by atoms with Gasteiger partial charge in [0.25, 0.3) is 0 Å². The standard InChI is InChI=1S/C29H37N3O3/c1-2-32-26(13-14-28(32)33)25(23-9-5-3-6-10-23)15-16-30-17-19-31(20-18-30)29-22-34-27(21-35-29)24-11-7-4-8-12-24/h3-7,9-11,21-22,25-26H,2,8,12-20H2,1H3. The molecule has 3 aliphatic heterocycles. The first-order valence-corrected chi connectivity index (χ1v) is 13.1. The van der Waals surface area contributed by atoms with E-state index in [1.54, 1.807) is 12.5 Å². The van der Waals surface area contributed by atoms with Gasteiger partial charge in [0.05, 0.1) is 0 Å². The lowest BCUT2D eigenvalue weighted by molar-refractivity contribution is -0.129. The van der Waals surface area contributed by atoms with E-state index in [1.807, 2.05) is 0 Å². The number of nitrogens with zero attached hydrogens (tertiary/aromatic N) is 3. The Morgan fingerprint density at radius 1 is 1.03 bits per heavy atom. The fourth-order valence-electron chi connectivity index (χ4n) is 5.77. The molecule has 186 valence electrons. The summed E-state index contributed by atoms with van der Waals surface area (Å²) in [5.41, 5.74) is 2.54. The second-order valence-corrected chi connectivity index (χ2v) is 9.75. The Hall–Kier alpha value is -2.99. The summed E-state index contributed by atoms with van der Waals surface area (Å²) in [5.74, 6) is 2.30. The Morgan fingerprint density at radius 2 is 1.86 bits per heavy atom. The van der Waals surface area contributed by atoms with Crippen molar-refractivity contribution in [3.05, 3.63) is 83.9 Å². The smallest absolute Gasteiger partial charge is 0.231 e. The van der Waals surface area contributed by atoms with Crippen LogP contribution in [0.5, 0.6) is 0 Å². The summed E-state index contributed by atoms with van der Waals surface area (Å²) in [7, 11) is 0. The van der Waals surface area contributed by atoms with E-state index in [2.05, 4.69) is 70.2 Å². The zero-order valence-electron chi connectivity index (χ0n) is 20.8. The highest BCUT2D eigenvalue weighted by Crippen LogP contribution is 2.34. The number of allylic oxidation sites excluding steroid dienone is 4. The molecule has 0 bridgehead atoms. The summed E-state index contributed by atoms with van der Waals surface area (Å²) >= 11 is 0. The van der Waals surface area contributed by atoms with E-state index in [-0.39, 0.29) is 0 Å². The molecule has 0 radical (unpaired) electrons. The number of hydrogen-bond acceptors (Lipinski definition) is 5. The highest BCUT2D eigenvalue weighted by molar-refractivity contribution is 5.79. The molecule has 35 heavy (non-hydrogen) atoms. The Labute approximate surface area is 209 Å². The van der Waals surface area contributed by atoms with Gasteiger partial charge in [-0.05, 0) is 50.3 Å². The Bertz CT molecular complexity index is 1010. The van der Waals surface area contributed by atoms with Crippen molar-refractivity contribution in [1.82, 2.24) is 14.7 Å². The lowest BCUT2D eigenvalue weighted by Gasteiger charge is -2.38. The van der Waals surface area contributed by atoms with Gasteiger partial charge >= 0.3 is 0 Å². The minimum absolute atomic E-state index is 0.309. The zero-order chi connectivity index (χ0) is 24.0. The van der Waals surface area contributed by atoms with Crippen molar-refractivity contribution in [1.29, 1.82) is 0 Å². The topological polar surface area (TPSA) is 45.3 Å². The molecule has 2 fully saturated rings. The van der Waals surface area contributed by atoms with Gasteiger partial charge in [-0.2, -0.15) is 0 Å². The summed E-state index contributed by atoms with van der Waals surface area (Å²) in [5, 5.41) is 0. The molecule has 2 unspecified atom stereocenters. The highest BCUT2D eigenvalue weighted by Gasteiger charge is 2.36. The Balaban J connectivity index is 1.14. The van der Waals surface area contributed by atoms with Crippen molar-refractivity contribution in [2.45, 2.75) is 51.0 Å². The van der Waals surface area contributed by atoms with E-state index in [0.717, 1.165) is 76.6 Å². The summed E-state index contributed by atoms with van der Waals surface area (Å²) < 4.78 is 11.9. The maximum atomic E-state index is 12.4. The number of ether oxygens (including phenoxy) is 2. The molecule has 0 aromatic heterocycles. The van der Waals surface area contributed by atoms with Crippen molar-refractivity contribution in [2.75, 3.05) is 39.3 Å². The quantitative estimate of drug-likeness (QED) is 0.543. The average molecular weight is 476 g/mol. The number of carbonyl (C=O) groups is 1. The van der Waals surface area contributed by atoms with Crippen molar-refractivity contribution in [3.63, 3.8) is 0 Å². The largest absolute Gasteiger partial charge is 0.456 e. The van der Waals surface area contributed by atoms with Gasteiger partial charge in [-0.15, -0.1) is 0 Å². The number of amides is 1. The molecule has 1 amide bonds. The predicted molar refractivity (Wildman–Crippen MR) is 137 cm³/mol. The van der Waals surface area contributed by atoms with Gasteiger partial charge in [-0.3, -0.25) is 9.69 Å². The SMILES string of the molecule is CCN1C(=O)CCC1C(CCN1CCN(C2=COC(C3=CC=CCC3)=CO2)CC1)c1ccccc1. The van der Waals surface area contributed by atoms with Crippen LogP contribution in [0.2, 0.25) is 0 Å². The summed E-state index contributed by atoms with van der Waals surface area (Å²) in [6, 6.07) is 11.1. The highest BCUT2D eigenvalue weighted by atomic mass is 16.6. The number of likely N-dealkylation sites (N-methyl/N-ethyl adjacent to an activating group) is 1. The van der Waals surface area contributed by atoms with Crippen LogP contribution >= 0.6 is 0 Å². The van der Waals surface area contributed by atoms with E-state index in [9.17, 15) is 4.79 Å². The number of benzene rings is 1.